The minimum atomic E-state index is -0.167. The van der Waals surface area contributed by atoms with E-state index in [1.165, 1.54) is 23.1 Å². The molecule has 1 aromatic carbocycles. The van der Waals surface area contributed by atoms with E-state index in [0.29, 0.717) is 29.2 Å². The number of nitrogens with zero attached hydrogens (tertiary/aromatic N) is 3. The van der Waals surface area contributed by atoms with Crippen molar-refractivity contribution >= 4 is 56.5 Å². The summed E-state index contributed by atoms with van der Waals surface area (Å²) in [6.07, 6.45) is 3.31. The predicted octanol–water partition coefficient (Wildman–Crippen LogP) is 4.73. The number of anilines is 2. The number of thiophene rings is 1. The van der Waals surface area contributed by atoms with Gasteiger partial charge >= 0.3 is 0 Å². The maximum atomic E-state index is 13.2. The van der Waals surface area contributed by atoms with Crippen molar-refractivity contribution in [2.24, 2.45) is 0 Å². The molecule has 0 unspecified atom stereocenters. The molecule has 3 aromatic rings. The Morgan fingerprint density at radius 2 is 1.97 bits per heavy atom. The second kappa shape index (κ2) is 10.1. The van der Waals surface area contributed by atoms with Crippen molar-refractivity contribution in [2.45, 2.75) is 58.2 Å². The van der Waals surface area contributed by atoms with Gasteiger partial charge in [-0.15, -0.1) is 11.3 Å². The molecule has 1 aliphatic heterocycles. The SMILES string of the molecule is CCCCn1c(SCC(=O)Nc2ccc(N3CCCC3=O)cc2)nc2sc(C)c(C)c2c1=O. The van der Waals surface area contributed by atoms with Crippen molar-refractivity contribution in [1.29, 1.82) is 0 Å². The molecule has 3 heterocycles. The van der Waals surface area contributed by atoms with Gasteiger partial charge in [-0.2, -0.15) is 0 Å². The van der Waals surface area contributed by atoms with Crippen molar-refractivity contribution in [3.05, 3.63) is 45.1 Å². The highest BCUT2D eigenvalue weighted by molar-refractivity contribution is 7.99. The van der Waals surface area contributed by atoms with Crippen molar-refractivity contribution in [3.63, 3.8) is 0 Å². The molecular formula is C24H28N4O3S2. The highest BCUT2D eigenvalue weighted by Crippen LogP contribution is 2.29. The fourth-order valence-electron chi connectivity index (χ4n) is 3.91. The molecule has 0 bridgehead atoms. The van der Waals surface area contributed by atoms with Crippen molar-refractivity contribution in [2.75, 3.05) is 22.5 Å². The van der Waals surface area contributed by atoms with Crippen LogP contribution in [-0.4, -0.2) is 33.7 Å². The van der Waals surface area contributed by atoms with Gasteiger partial charge in [-0.3, -0.25) is 19.0 Å². The highest BCUT2D eigenvalue weighted by atomic mass is 32.2. The summed E-state index contributed by atoms with van der Waals surface area (Å²) in [4.78, 5) is 46.0. The summed E-state index contributed by atoms with van der Waals surface area (Å²) in [5.74, 6) is 0.123. The van der Waals surface area contributed by atoms with Crippen LogP contribution >= 0.6 is 23.1 Å². The van der Waals surface area contributed by atoms with Crippen molar-refractivity contribution in [1.82, 2.24) is 9.55 Å². The summed E-state index contributed by atoms with van der Waals surface area (Å²) in [5, 5.41) is 4.17. The van der Waals surface area contributed by atoms with Crippen LogP contribution in [0.15, 0.2) is 34.2 Å². The Morgan fingerprint density at radius 1 is 1.21 bits per heavy atom. The summed E-state index contributed by atoms with van der Waals surface area (Å²) in [6, 6.07) is 7.32. The van der Waals surface area contributed by atoms with Crippen LogP contribution in [0, 0.1) is 13.8 Å². The number of nitrogens with one attached hydrogen (secondary N) is 1. The van der Waals surface area contributed by atoms with Crippen LogP contribution in [0.25, 0.3) is 10.2 Å². The lowest BCUT2D eigenvalue weighted by atomic mass is 10.2. The van der Waals surface area contributed by atoms with Gasteiger partial charge < -0.3 is 10.2 Å². The Morgan fingerprint density at radius 3 is 2.64 bits per heavy atom. The largest absolute Gasteiger partial charge is 0.325 e. The Kier molecular flexibility index (Phi) is 7.19. The second-order valence-electron chi connectivity index (χ2n) is 8.20. The van der Waals surface area contributed by atoms with Gasteiger partial charge in [0.2, 0.25) is 11.8 Å². The standard InChI is InChI=1S/C24H28N4O3S2/c1-4-5-12-28-23(31)21-15(2)16(3)33-22(21)26-24(28)32-14-19(29)25-17-8-10-18(11-9-17)27-13-6-7-20(27)30/h8-11H,4-7,12-14H2,1-3H3,(H,25,29). The third-order valence-corrected chi connectivity index (χ3v) is 7.94. The predicted molar refractivity (Wildman–Crippen MR) is 136 cm³/mol. The Bertz CT molecular complexity index is 1250. The van der Waals surface area contributed by atoms with Crippen LogP contribution in [0.4, 0.5) is 11.4 Å². The van der Waals surface area contributed by atoms with Crippen LogP contribution in [-0.2, 0) is 16.1 Å². The number of amides is 2. The number of fused-ring (bicyclic) bond motifs is 1. The van der Waals surface area contributed by atoms with E-state index in [0.717, 1.165) is 46.8 Å². The smallest absolute Gasteiger partial charge is 0.263 e. The van der Waals surface area contributed by atoms with E-state index < -0.39 is 0 Å². The number of hydrogen-bond donors (Lipinski definition) is 1. The quantitative estimate of drug-likeness (QED) is 0.369. The first-order valence-electron chi connectivity index (χ1n) is 11.2. The summed E-state index contributed by atoms with van der Waals surface area (Å²) in [6.45, 7) is 7.38. The zero-order chi connectivity index (χ0) is 23.5. The van der Waals surface area contributed by atoms with E-state index in [-0.39, 0.29) is 23.1 Å². The van der Waals surface area contributed by atoms with E-state index in [2.05, 4.69) is 12.2 Å². The van der Waals surface area contributed by atoms with Gasteiger partial charge in [-0.1, -0.05) is 25.1 Å². The van der Waals surface area contributed by atoms with Crippen molar-refractivity contribution in [3.8, 4) is 0 Å². The van der Waals surface area contributed by atoms with Gasteiger partial charge in [0.25, 0.3) is 5.56 Å². The molecule has 0 spiro atoms. The highest BCUT2D eigenvalue weighted by Gasteiger charge is 2.21. The normalized spacial score (nSPS) is 13.8. The number of unbranched alkanes of at least 4 members (excludes halogenated alkanes) is 1. The number of benzene rings is 1. The van der Waals surface area contributed by atoms with Gasteiger partial charge in [0, 0.05) is 35.8 Å². The molecular weight excluding hydrogens is 456 g/mol. The van der Waals surface area contributed by atoms with Crippen molar-refractivity contribution < 1.29 is 9.59 Å². The molecule has 7 nitrogen and oxygen atoms in total. The van der Waals surface area contributed by atoms with E-state index in [1.54, 1.807) is 9.47 Å². The number of rotatable bonds is 8. The first kappa shape index (κ1) is 23.5. The third kappa shape index (κ3) is 4.99. The monoisotopic (exact) mass is 484 g/mol. The van der Waals surface area contributed by atoms with Gasteiger partial charge in [0.15, 0.2) is 5.16 Å². The molecule has 0 radical (unpaired) electrons. The molecule has 33 heavy (non-hydrogen) atoms. The average Bonchev–Trinajstić information content (AvgIpc) is 3.35. The number of aromatic nitrogens is 2. The molecule has 1 aliphatic rings. The van der Waals surface area contributed by atoms with E-state index in [9.17, 15) is 14.4 Å². The van der Waals surface area contributed by atoms with Crippen LogP contribution in [0.3, 0.4) is 0 Å². The number of carbonyl (C=O) groups excluding carboxylic acids is 2. The maximum Gasteiger partial charge on any atom is 0.263 e. The average molecular weight is 485 g/mol. The van der Waals surface area contributed by atoms with Crippen LogP contribution in [0.1, 0.15) is 43.0 Å². The fourth-order valence-corrected chi connectivity index (χ4v) is 5.80. The summed E-state index contributed by atoms with van der Waals surface area (Å²) >= 11 is 2.81. The molecule has 2 aromatic heterocycles. The summed E-state index contributed by atoms with van der Waals surface area (Å²) in [5.41, 5.74) is 2.49. The molecule has 9 heteroatoms. The van der Waals surface area contributed by atoms with Gasteiger partial charge in [-0.05, 0) is 56.5 Å². The van der Waals surface area contributed by atoms with Crippen LogP contribution in [0.5, 0.6) is 0 Å². The molecule has 174 valence electrons. The lowest BCUT2D eigenvalue weighted by Crippen LogP contribution is -2.24. The first-order chi connectivity index (χ1) is 15.9. The van der Waals surface area contributed by atoms with E-state index >= 15 is 0 Å². The number of carbonyl (C=O) groups is 2. The van der Waals surface area contributed by atoms with Gasteiger partial charge in [0.05, 0.1) is 11.1 Å². The molecule has 1 saturated heterocycles. The van der Waals surface area contributed by atoms with Gasteiger partial charge in [-0.25, -0.2) is 4.98 Å². The molecule has 1 N–H and O–H groups in total. The molecule has 4 rings (SSSR count). The number of thioether (sulfide) groups is 1. The summed E-state index contributed by atoms with van der Waals surface area (Å²) < 4.78 is 1.71. The number of hydrogen-bond acceptors (Lipinski definition) is 6. The van der Waals surface area contributed by atoms with Crippen LogP contribution in [0.2, 0.25) is 0 Å². The molecule has 1 fully saturated rings. The minimum absolute atomic E-state index is 0.0229. The lowest BCUT2D eigenvalue weighted by Gasteiger charge is -2.16. The Hall–Kier alpha value is -2.65. The first-order valence-corrected chi connectivity index (χ1v) is 13.0. The van der Waals surface area contributed by atoms with Crippen LogP contribution < -0.4 is 15.8 Å². The topological polar surface area (TPSA) is 84.3 Å². The zero-order valence-electron chi connectivity index (χ0n) is 19.1. The molecule has 2 amide bonds. The Balaban J connectivity index is 1.46. The van der Waals surface area contributed by atoms with E-state index in [1.807, 2.05) is 38.1 Å². The minimum Gasteiger partial charge on any atom is -0.325 e. The number of aryl methyl sites for hydroxylation is 2. The molecule has 0 atom stereocenters. The maximum absolute atomic E-state index is 13.2. The van der Waals surface area contributed by atoms with E-state index in [4.69, 9.17) is 4.98 Å². The third-order valence-electron chi connectivity index (χ3n) is 5.86. The fraction of sp³-hybridized carbons (Fsp3) is 0.417. The summed E-state index contributed by atoms with van der Waals surface area (Å²) in [7, 11) is 0. The molecule has 0 aliphatic carbocycles. The lowest BCUT2D eigenvalue weighted by molar-refractivity contribution is -0.117. The molecule has 0 saturated carbocycles. The zero-order valence-corrected chi connectivity index (χ0v) is 20.8. The second-order valence-corrected chi connectivity index (χ2v) is 10.3. The Labute approximate surface area is 201 Å². The van der Waals surface area contributed by atoms with Gasteiger partial charge in [0.1, 0.15) is 4.83 Å².